The number of carbonyl (C=O) groups is 1. The molecule has 6 heteroatoms. The Morgan fingerprint density at radius 2 is 1.81 bits per heavy atom. The first kappa shape index (κ1) is 15.1. The van der Waals surface area contributed by atoms with Crippen molar-refractivity contribution in [2.75, 3.05) is 5.32 Å². The molecule has 0 saturated heterocycles. The van der Waals surface area contributed by atoms with Crippen LogP contribution in [0.3, 0.4) is 0 Å². The van der Waals surface area contributed by atoms with E-state index in [2.05, 4.69) is 10.6 Å². The molecule has 3 nitrogen and oxygen atoms in total. The van der Waals surface area contributed by atoms with E-state index in [0.29, 0.717) is 12.6 Å². The summed E-state index contributed by atoms with van der Waals surface area (Å²) in [5, 5.41) is 5.06. The molecule has 0 bridgehead atoms. The van der Waals surface area contributed by atoms with E-state index < -0.39 is 17.5 Å². The molecule has 0 heterocycles. The number of hydrogen-bond donors (Lipinski definition) is 2. The van der Waals surface area contributed by atoms with Crippen molar-refractivity contribution in [3.63, 3.8) is 0 Å². The summed E-state index contributed by atoms with van der Waals surface area (Å²) < 4.78 is 26.2. The molecular weight excluding hydrogens is 294 g/mol. The van der Waals surface area contributed by atoms with Crippen LogP contribution in [0.1, 0.15) is 5.56 Å². The lowest BCUT2D eigenvalue weighted by Crippen LogP contribution is -2.33. The van der Waals surface area contributed by atoms with Crippen LogP contribution in [0.4, 0.5) is 14.5 Å². The molecular formula is C15H12F2N2OS. The fourth-order valence-electron chi connectivity index (χ4n) is 1.63. The number of anilines is 1. The Morgan fingerprint density at radius 3 is 2.48 bits per heavy atom. The molecule has 0 unspecified atom stereocenters. The summed E-state index contributed by atoms with van der Waals surface area (Å²) in [6, 6.07) is 12.3. The summed E-state index contributed by atoms with van der Waals surface area (Å²) in [7, 11) is 0. The smallest absolute Gasteiger partial charge is 0.283 e. The number of benzene rings is 2. The molecule has 0 spiro atoms. The minimum Gasteiger partial charge on any atom is -0.368 e. The van der Waals surface area contributed by atoms with Gasteiger partial charge in [-0.2, -0.15) is 0 Å². The van der Waals surface area contributed by atoms with E-state index in [1.165, 1.54) is 0 Å². The zero-order chi connectivity index (χ0) is 15.2. The van der Waals surface area contributed by atoms with Crippen LogP contribution in [-0.4, -0.2) is 10.9 Å². The Morgan fingerprint density at radius 1 is 1.10 bits per heavy atom. The third-order valence-electron chi connectivity index (χ3n) is 2.68. The highest BCUT2D eigenvalue weighted by atomic mass is 32.1. The number of nitrogens with one attached hydrogen (secondary N) is 2. The van der Waals surface area contributed by atoms with Gasteiger partial charge in [0.25, 0.3) is 5.91 Å². The van der Waals surface area contributed by atoms with Gasteiger partial charge >= 0.3 is 0 Å². The molecule has 0 aliphatic rings. The minimum absolute atomic E-state index is 0.0671. The SMILES string of the molecule is O=C(Nc1ccc(F)cc1F)C(=S)NCc1ccccc1. The second kappa shape index (κ2) is 6.90. The van der Waals surface area contributed by atoms with Crippen LogP contribution in [0.15, 0.2) is 48.5 Å². The fourth-order valence-corrected chi connectivity index (χ4v) is 1.75. The quantitative estimate of drug-likeness (QED) is 0.857. The second-order valence-corrected chi connectivity index (χ2v) is 4.65. The lowest BCUT2D eigenvalue weighted by molar-refractivity contribution is -0.110. The minimum atomic E-state index is -0.853. The van der Waals surface area contributed by atoms with Gasteiger partial charge in [-0.1, -0.05) is 42.5 Å². The third kappa shape index (κ3) is 4.32. The van der Waals surface area contributed by atoms with E-state index in [4.69, 9.17) is 12.2 Å². The molecule has 1 amide bonds. The summed E-state index contributed by atoms with van der Waals surface area (Å²) in [4.78, 5) is 11.7. The maximum atomic E-state index is 13.4. The Kier molecular flexibility index (Phi) is 4.94. The van der Waals surface area contributed by atoms with Gasteiger partial charge in [-0.25, -0.2) is 8.78 Å². The van der Waals surface area contributed by atoms with Crippen molar-refractivity contribution < 1.29 is 13.6 Å². The molecule has 0 atom stereocenters. The molecule has 2 rings (SSSR count). The predicted octanol–water partition coefficient (Wildman–Crippen LogP) is 3.02. The van der Waals surface area contributed by atoms with Gasteiger partial charge in [-0.15, -0.1) is 0 Å². The van der Waals surface area contributed by atoms with E-state index >= 15 is 0 Å². The highest BCUT2D eigenvalue weighted by molar-refractivity contribution is 7.82. The Labute approximate surface area is 126 Å². The first-order valence-electron chi connectivity index (χ1n) is 6.14. The van der Waals surface area contributed by atoms with Crippen molar-refractivity contribution in [1.29, 1.82) is 0 Å². The fraction of sp³-hybridized carbons (Fsp3) is 0.0667. The van der Waals surface area contributed by atoms with Crippen molar-refractivity contribution in [1.82, 2.24) is 5.32 Å². The van der Waals surface area contributed by atoms with Crippen LogP contribution in [0.2, 0.25) is 0 Å². The van der Waals surface area contributed by atoms with Gasteiger partial charge in [0.2, 0.25) is 0 Å². The summed E-state index contributed by atoms with van der Waals surface area (Å²) >= 11 is 4.92. The highest BCUT2D eigenvalue weighted by Gasteiger charge is 2.12. The number of carbonyl (C=O) groups excluding carboxylic acids is 1. The largest absolute Gasteiger partial charge is 0.368 e. The number of amides is 1. The highest BCUT2D eigenvalue weighted by Crippen LogP contribution is 2.14. The van der Waals surface area contributed by atoms with E-state index in [1.807, 2.05) is 30.3 Å². The van der Waals surface area contributed by atoms with Gasteiger partial charge in [0, 0.05) is 12.6 Å². The average Bonchev–Trinajstić information content (AvgIpc) is 2.48. The Balaban J connectivity index is 1.92. The summed E-state index contributed by atoms with van der Waals surface area (Å²) in [6.07, 6.45) is 0. The van der Waals surface area contributed by atoms with Crippen LogP contribution in [0, 0.1) is 11.6 Å². The van der Waals surface area contributed by atoms with Crippen LogP contribution >= 0.6 is 12.2 Å². The predicted molar refractivity (Wildman–Crippen MR) is 80.9 cm³/mol. The lowest BCUT2D eigenvalue weighted by Gasteiger charge is -2.09. The lowest BCUT2D eigenvalue weighted by atomic mass is 10.2. The standard InChI is InChI=1S/C15H12F2N2OS/c16-11-6-7-13(12(17)8-11)19-14(20)15(21)18-9-10-4-2-1-3-5-10/h1-8H,9H2,(H,18,21)(H,19,20). The molecule has 108 valence electrons. The monoisotopic (exact) mass is 306 g/mol. The molecule has 0 radical (unpaired) electrons. The maximum absolute atomic E-state index is 13.4. The van der Waals surface area contributed by atoms with Crippen molar-refractivity contribution >= 4 is 28.8 Å². The number of hydrogen-bond acceptors (Lipinski definition) is 2. The molecule has 2 aromatic carbocycles. The second-order valence-electron chi connectivity index (χ2n) is 4.25. The van der Waals surface area contributed by atoms with Crippen LogP contribution in [0.5, 0.6) is 0 Å². The molecule has 2 aromatic rings. The number of rotatable bonds is 3. The van der Waals surface area contributed by atoms with Crippen LogP contribution in [0.25, 0.3) is 0 Å². The Hall–Kier alpha value is -2.34. The molecule has 2 N–H and O–H groups in total. The van der Waals surface area contributed by atoms with E-state index in [9.17, 15) is 13.6 Å². The zero-order valence-electron chi connectivity index (χ0n) is 10.9. The van der Waals surface area contributed by atoms with Gasteiger partial charge in [0.15, 0.2) is 4.99 Å². The van der Waals surface area contributed by atoms with E-state index in [1.54, 1.807) is 0 Å². The van der Waals surface area contributed by atoms with Gasteiger partial charge in [0.05, 0.1) is 5.69 Å². The molecule has 0 saturated carbocycles. The summed E-state index contributed by atoms with van der Waals surface area (Å²) in [5.41, 5.74) is 0.839. The molecule has 21 heavy (non-hydrogen) atoms. The third-order valence-corrected chi connectivity index (χ3v) is 3.01. The van der Waals surface area contributed by atoms with E-state index in [0.717, 1.165) is 17.7 Å². The number of thiocarbonyl (C=S) groups is 1. The molecule has 0 aliphatic heterocycles. The molecule has 0 fully saturated rings. The van der Waals surface area contributed by atoms with Crippen molar-refractivity contribution in [3.05, 3.63) is 65.7 Å². The van der Waals surface area contributed by atoms with Gasteiger partial charge < -0.3 is 10.6 Å². The van der Waals surface area contributed by atoms with Gasteiger partial charge in [0.1, 0.15) is 11.6 Å². The molecule has 0 aromatic heterocycles. The van der Waals surface area contributed by atoms with Crippen molar-refractivity contribution in [2.24, 2.45) is 0 Å². The summed E-state index contributed by atoms with van der Waals surface area (Å²) in [6.45, 7) is 0.388. The number of halogens is 2. The Bertz CT molecular complexity index is 662. The van der Waals surface area contributed by atoms with Crippen LogP contribution < -0.4 is 10.6 Å². The topological polar surface area (TPSA) is 41.1 Å². The van der Waals surface area contributed by atoms with Crippen LogP contribution in [-0.2, 0) is 11.3 Å². The van der Waals surface area contributed by atoms with Gasteiger partial charge in [-0.3, -0.25) is 4.79 Å². The van der Waals surface area contributed by atoms with Crippen molar-refractivity contribution in [3.8, 4) is 0 Å². The zero-order valence-corrected chi connectivity index (χ0v) is 11.7. The first-order chi connectivity index (χ1) is 10.1. The van der Waals surface area contributed by atoms with Crippen molar-refractivity contribution in [2.45, 2.75) is 6.54 Å². The van der Waals surface area contributed by atoms with E-state index in [-0.39, 0.29) is 10.7 Å². The summed E-state index contributed by atoms with van der Waals surface area (Å²) in [5.74, 6) is -2.21. The first-order valence-corrected chi connectivity index (χ1v) is 6.55. The normalized spacial score (nSPS) is 10.0. The molecule has 0 aliphatic carbocycles. The maximum Gasteiger partial charge on any atom is 0.283 e. The average molecular weight is 306 g/mol. The van der Waals surface area contributed by atoms with Gasteiger partial charge in [-0.05, 0) is 17.7 Å².